The Morgan fingerprint density at radius 2 is 2.05 bits per heavy atom. The Kier molecular flexibility index (Phi) is 4.09. The molecule has 1 heterocycles. The summed E-state index contributed by atoms with van der Waals surface area (Å²) >= 11 is 0. The summed E-state index contributed by atoms with van der Waals surface area (Å²) < 4.78 is 5.88. The largest absolute Gasteiger partial charge is 0.373 e. The van der Waals surface area contributed by atoms with Gasteiger partial charge in [-0.15, -0.1) is 0 Å². The van der Waals surface area contributed by atoms with Crippen LogP contribution in [0.2, 0.25) is 0 Å². The normalized spacial score (nSPS) is 27.3. The lowest BCUT2D eigenvalue weighted by Gasteiger charge is -2.37. The first-order chi connectivity index (χ1) is 9.02. The minimum atomic E-state index is -0.304. The van der Waals surface area contributed by atoms with Gasteiger partial charge in [-0.25, -0.2) is 9.97 Å². The Labute approximate surface area is 116 Å². The molecule has 0 spiro atoms. The Morgan fingerprint density at radius 1 is 1.32 bits per heavy atom. The second-order valence-electron chi connectivity index (χ2n) is 5.76. The predicted molar refractivity (Wildman–Crippen MR) is 77.4 cm³/mol. The minimum absolute atomic E-state index is 0.304. The van der Waals surface area contributed by atoms with E-state index in [9.17, 15) is 0 Å². The molecule has 1 fully saturated rings. The number of anilines is 1. The van der Waals surface area contributed by atoms with Crippen molar-refractivity contribution in [1.29, 1.82) is 0 Å². The number of hydrogen-bond acceptors (Lipinski definition) is 4. The van der Waals surface area contributed by atoms with E-state index in [0.29, 0.717) is 5.92 Å². The van der Waals surface area contributed by atoms with Crippen LogP contribution in [0.15, 0.2) is 0 Å². The molecular weight excluding hydrogens is 238 g/mol. The van der Waals surface area contributed by atoms with E-state index in [1.165, 1.54) is 12.8 Å². The van der Waals surface area contributed by atoms with Gasteiger partial charge in [-0.1, -0.05) is 13.3 Å². The summed E-state index contributed by atoms with van der Waals surface area (Å²) in [5.74, 6) is 2.42. The van der Waals surface area contributed by atoms with Crippen LogP contribution in [0.4, 0.5) is 5.82 Å². The van der Waals surface area contributed by atoms with Gasteiger partial charge in [0.1, 0.15) is 11.4 Å². The molecule has 2 unspecified atom stereocenters. The average molecular weight is 263 g/mol. The monoisotopic (exact) mass is 263 g/mol. The summed E-state index contributed by atoms with van der Waals surface area (Å²) in [6, 6.07) is 0. The first-order valence-electron chi connectivity index (χ1n) is 7.11. The Balaban J connectivity index is 2.46. The molecule has 2 rings (SSSR count). The zero-order valence-electron chi connectivity index (χ0n) is 12.7. The van der Waals surface area contributed by atoms with Crippen molar-refractivity contribution < 1.29 is 4.74 Å². The SMILES string of the molecule is CNc1nc(C2(OC)CCCC(C)C2)nc(C)c1C. The third-order valence-electron chi connectivity index (χ3n) is 4.38. The number of hydrogen-bond donors (Lipinski definition) is 1. The first-order valence-corrected chi connectivity index (χ1v) is 7.11. The molecule has 4 heteroatoms. The number of methoxy groups -OCH3 is 1. The molecule has 4 nitrogen and oxygen atoms in total. The highest BCUT2D eigenvalue weighted by molar-refractivity contribution is 5.45. The smallest absolute Gasteiger partial charge is 0.162 e. The summed E-state index contributed by atoms with van der Waals surface area (Å²) in [6.45, 7) is 6.37. The van der Waals surface area contributed by atoms with Crippen LogP contribution in [0.25, 0.3) is 0 Å². The molecule has 0 saturated heterocycles. The molecule has 106 valence electrons. The minimum Gasteiger partial charge on any atom is -0.373 e. The van der Waals surface area contributed by atoms with Crippen molar-refractivity contribution in [1.82, 2.24) is 9.97 Å². The van der Waals surface area contributed by atoms with Crippen molar-refractivity contribution in [2.24, 2.45) is 5.92 Å². The Hall–Kier alpha value is -1.16. The van der Waals surface area contributed by atoms with E-state index in [1.54, 1.807) is 7.11 Å². The third-order valence-corrected chi connectivity index (χ3v) is 4.38. The number of nitrogens with zero attached hydrogens (tertiary/aromatic N) is 2. The molecule has 1 saturated carbocycles. The zero-order chi connectivity index (χ0) is 14.0. The number of rotatable bonds is 3. The van der Waals surface area contributed by atoms with Gasteiger partial charge in [0.25, 0.3) is 0 Å². The van der Waals surface area contributed by atoms with Gasteiger partial charge >= 0.3 is 0 Å². The summed E-state index contributed by atoms with van der Waals surface area (Å²) in [6.07, 6.45) is 4.48. The van der Waals surface area contributed by atoms with Crippen LogP contribution < -0.4 is 5.32 Å². The molecule has 0 bridgehead atoms. The van der Waals surface area contributed by atoms with E-state index in [4.69, 9.17) is 14.7 Å². The van der Waals surface area contributed by atoms with E-state index < -0.39 is 0 Å². The quantitative estimate of drug-likeness (QED) is 0.909. The molecule has 19 heavy (non-hydrogen) atoms. The molecular formula is C15H25N3O. The molecule has 1 aliphatic rings. The molecule has 1 aromatic rings. The lowest BCUT2D eigenvalue weighted by molar-refractivity contribution is -0.0646. The lowest BCUT2D eigenvalue weighted by Crippen LogP contribution is -2.36. The highest BCUT2D eigenvalue weighted by atomic mass is 16.5. The van der Waals surface area contributed by atoms with Crippen LogP contribution in [-0.4, -0.2) is 24.1 Å². The molecule has 0 aromatic carbocycles. The number of nitrogens with one attached hydrogen (secondary N) is 1. The van der Waals surface area contributed by atoms with Gasteiger partial charge in [0.05, 0.1) is 0 Å². The maximum atomic E-state index is 5.88. The van der Waals surface area contributed by atoms with Crippen LogP contribution in [0, 0.1) is 19.8 Å². The van der Waals surface area contributed by atoms with Gasteiger partial charge in [-0.2, -0.15) is 0 Å². The van der Waals surface area contributed by atoms with Crippen molar-refractivity contribution >= 4 is 5.82 Å². The standard InChI is InChI=1S/C15H25N3O/c1-10-7-6-8-15(9-10,19-5)14-17-12(3)11(2)13(16-4)18-14/h10H,6-9H2,1-5H3,(H,16,17,18). The maximum Gasteiger partial charge on any atom is 0.162 e. The Morgan fingerprint density at radius 3 is 2.63 bits per heavy atom. The van der Waals surface area contributed by atoms with E-state index in [0.717, 1.165) is 35.7 Å². The van der Waals surface area contributed by atoms with Gasteiger partial charge in [0, 0.05) is 25.4 Å². The van der Waals surface area contributed by atoms with E-state index >= 15 is 0 Å². The molecule has 1 aromatic heterocycles. The molecule has 0 radical (unpaired) electrons. The van der Waals surface area contributed by atoms with Crippen molar-refractivity contribution in [3.63, 3.8) is 0 Å². The number of aryl methyl sites for hydroxylation is 1. The summed E-state index contributed by atoms with van der Waals surface area (Å²) in [7, 11) is 3.69. The first kappa shape index (κ1) is 14.3. The second kappa shape index (κ2) is 5.45. The number of aromatic nitrogens is 2. The van der Waals surface area contributed by atoms with Gasteiger partial charge in [-0.3, -0.25) is 0 Å². The van der Waals surface area contributed by atoms with Crippen molar-refractivity contribution in [3.8, 4) is 0 Å². The molecule has 0 aliphatic heterocycles. The molecule has 1 aliphatic carbocycles. The molecule has 0 amide bonds. The van der Waals surface area contributed by atoms with Gasteiger partial charge < -0.3 is 10.1 Å². The van der Waals surface area contributed by atoms with Gasteiger partial charge in [-0.05, 0) is 39.0 Å². The summed E-state index contributed by atoms with van der Waals surface area (Å²) in [4.78, 5) is 9.41. The fourth-order valence-electron chi connectivity index (χ4n) is 3.06. The number of ether oxygens (including phenoxy) is 1. The van der Waals surface area contributed by atoms with Gasteiger partial charge in [0.2, 0.25) is 0 Å². The van der Waals surface area contributed by atoms with Crippen LogP contribution in [-0.2, 0) is 10.3 Å². The van der Waals surface area contributed by atoms with Crippen LogP contribution in [0.1, 0.15) is 49.7 Å². The van der Waals surface area contributed by atoms with Crippen LogP contribution >= 0.6 is 0 Å². The maximum absolute atomic E-state index is 5.88. The topological polar surface area (TPSA) is 47.0 Å². The fraction of sp³-hybridized carbons (Fsp3) is 0.733. The zero-order valence-corrected chi connectivity index (χ0v) is 12.7. The van der Waals surface area contributed by atoms with Crippen molar-refractivity contribution in [2.75, 3.05) is 19.5 Å². The Bertz CT molecular complexity index is 461. The predicted octanol–water partition coefficient (Wildman–Crippen LogP) is 3.19. The van der Waals surface area contributed by atoms with E-state index in [1.807, 2.05) is 20.9 Å². The highest BCUT2D eigenvalue weighted by Gasteiger charge is 2.39. The average Bonchev–Trinajstić information content (AvgIpc) is 2.41. The van der Waals surface area contributed by atoms with E-state index in [-0.39, 0.29) is 5.60 Å². The highest BCUT2D eigenvalue weighted by Crippen LogP contribution is 2.41. The summed E-state index contributed by atoms with van der Waals surface area (Å²) in [5, 5.41) is 3.16. The van der Waals surface area contributed by atoms with Crippen LogP contribution in [0.3, 0.4) is 0 Å². The third kappa shape index (κ3) is 2.59. The fourth-order valence-corrected chi connectivity index (χ4v) is 3.06. The van der Waals surface area contributed by atoms with Crippen molar-refractivity contribution in [3.05, 3.63) is 17.1 Å². The van der Waals surface area contributed by atoms with Crippen molar-refractivity contribution in [2.45, 2.75) is 52.1 Å². The summed E-state index contributed by atoms with van der Waals surface area (Å²) in [5.41, 5.74) is 1.84. The van der Waals surface area contributed by atoms with Gasteiger partial charge in [0.15, 0.2) is 5.82 Å². The molecule has 2 atom stereocenters. The molecule has 1 N–H and O–H groups in total. The van der Waals surface area contributed by atoms with E-state index in [2.05, 4.69) is 12.2 Å². The van der Waals surface area contributed by atoms with Crippen LogP contribution in [0.5, 0.6) is 0 Å². The lowest BCUT2D eigenvalue weighted by atomic mass is 9.78. The second-order valence-corrected chi connectivity index (χ2v) is 5.76.